The molecular weight excluding hydrogens is 1730 g/mol. The first-order chi connectivity index (χ1) is 51.9. The second kappa shape index (κ2) is 32.0. The first-order valence-corrected chi connectivity index (χ1v) is 36.1. The maximum absolute atomic E-state index is 13.2. The van der Waals surface area contributed by atoms with Gasteiger partial charge in [0.05, 0.1) is 105 Å². The number of aliphatic hydroxyl groups excluding tert-OH is 1. The molecule has 554 valence electrons. The normalized spacial score (nSPS) is 14.4. The van der Waals surface area contributed by atoms with Crippen LogP contribution in [0.3, 0.4) is 0 Å². The van der Waals surface area contributed by atoms with E-state index in [-0.39, 0.29) is 17.1 Å². The molecule has 0 amide bonds. The van der Waals surface area contributed by atoms with E-state index in [9.17, 15) is 39.3 Å². The molecule has 3 atom stereocenters. The van der Waals surface area contributed by atoms with Crippen molar-refractivity contribution in [3.63, 3.8) is 0 Å². The van der Waals surface area contributed by atoms with Crippen molar-refractivity contribution in [2.45, 2.75) is 17.9 Å². The highest BCUT2D eigenvalue weighted by molar-refractivity contribution is 9.11. The zero-order valence-electron chi connectivity index (χ0n) is 58.5. The third-order valence-electron chi connectivity index (χ3n) is 18.0. The number of aliphatic hydroxyl groups is 1. The van der Waals surface area contributed by atoms with Crippen LogP contribution in [0.15, 0.2) is 168 Å². The second-order valence-corrected chi connectivity index (χ2v) is 28.0. The highest BCUT2D eigenvalue weighted by Crippen LogP contribution is 2.53. The van der Waals surface area contributed by atoms with Gasteiger partial charge in [0.25, 0.3) is 0 Å². The van der Waals surface area contributed by atoms with E-state index in [4.69, 9.17) is 71.4 Å². The lowest BCUT2D eigenvalue weighted by Gasteiger charge is -2.15. The summed E-state index contributed by atoms with van der Waals surface area (Å²) in [6, 6.07) is 41.9. The lowest BCUT2D eigenvalue weighted by Crippen LogP contribution is -2.12. The Balaban J connectivity index is 0.000000149. The lowest BCUT2D eigenvalue weighted by molar-refractivity contribution is -0.147. The lowest BCUT2D eigenvalue weighted by atomic mass is 9.88. The topological polar surface area (TPSA) is 295 Å². The number of rotatable bonds is 16. The molecule has 15 rings (SSSR count). The van der Waals surface area contributed by atoms with Crippen molar-refractivity contribution >= 4 is 153 Å². The number of esters is 4. The smallest absolute Gasteiger partial charge is 0.344 e. The fraction of sp³-hybridized carbons (Fsp3) is 0.163. The van der Waals surface area contributed by atoms with Gasteiger partial charge in [-0.2, -0.15) is 0 Å². The number of carboxylic acids is 1. The standard InChI is InChI=1S/C30H22Br2O8.C30H20Br2O8.C10H11BrO5.C10H8O2/c2*1-35-21-11-13(9-19(31)27(21)37-3)23-17-7-5-16-15(25(17)39-29(23)33)6-8-18-24(30(34)40-26(16)18)14-10-20(32)28(38-4)22(12-14)36-2;1-15-7-4-5(8(12)10(13)14)3-6(11)9(7)16-2;11-9-5-1-3-7-8(9)4-2-6-10(7)12/h5-12,23-24H,1-4H3;5-12H,1-4H3;3-4,8,12H,1-2H3,(H,13,14);1-6,11-12H. The van der Waals surface area contributed by atoms with Gasteiger partial charge in [-0.05, 0) is 205 Å². The van der Waals surface area contributed by atoms with Gasteiger partial charge in [-0.1, -0.05) is 48.5 Å². The van der Waals surface area contributed by atoms with Crippen LogP contribution in [0.25, 0.3) is 43.5 Å². The summed E-state index contributed by atoms with van der Waals surface area (Å²) in [6.45, 7) is 0. The third kappa shape index (κ3) is 14.1. The average molecular weight is 1790 g/mol. The minimum atomic E-state index is -1.59. The molecule has 0 aliphatic carbocycles. The largest absolute Gasteiger partial charge is 0.507 e. The Hall–Kier alpha value is -10.8. The fourth-order valence-electron chi connectivity index (χ4n) is 13.1. The first kappa shape index (κ1) is 76.9. The van der Waals surface area contributed by atoms with E-state index in [2.05, 4.69) is 79.6 Å². The Morgan fingerprint density at radius 2 is 0.694 bits per heavy atom. The van der Waals surface area contributed by atoms with Gasteiger partial charge in [0.2, 0.25) is 0 Å². The van der Waals surface area contributed by atoms with Crippen molar-refractivity contribution in [2.24, 2.45) is 0 Å². The van der Waals surface area contributed by atoms with E-state index >= 15 is 0 Å². The van der Waals surface area contributed by atoms with Crippen LogP contribution in [0, 0.1) is 0 Å². The number of hydrogen-bond donors (Lipinski definition) is 4. The summed E-state index contributed by atoms with van der Waals surface area (Å²) >= 11 is 17.2. The minimum absolute atomic E-state index is 0.198. The van der Waals surface area contributed by atoms with Crippen LogP contribution in [0.1, 0.15) is 56.9 Å². The third-order valence-corrected chi connectivity index (χ3v) is 20.9. The van der Waals surface area contributed by atoms with E-state index in [1.165, 1.54) is 40.6 Å². The number of carboxylic acid groups (broad SMARTS) is 1. The number of hydrogen-bond acceptors (Lipinski definition) is 22. The van der Waals surface area contributed by atoms with Crippen LogP contribution in [0.2, 0.25) is 0 Å². The van der Waals surface area contributed by atoms with Gasteiger partial charge in [-0.15, -0.1) is 0 Å². The van der Waals surface area contributed by atoms with Gasteiger partial charge in [-0.25, -0.2) is 14.4 Å². The number of phenols is 2. The first-order valence-electron chi connectivity index (χ1n) is 32.1. The number of benzene rings is 11. The van der Waals surface area contributed by atoms with E-state index in [0.717, 1.165) is 0 Å². The molecule has 0 radical (unpaired) electrons. The molecular formula is C80H61Br5O23. The molecule has 4 heterocycles. The van der Waals surface area contributed by atoms with Crippen LogP contribution in [-0.4, -0.2) is 121 Å². The molecule has 11 aromatic carbocycles. The zero-order chi connectivity index (χ0) is 77.4. The van der Waals surface area contributed by atoms with E-state index in [1.807, 2.05) is 48.5 Å². The highest BCUT2D eigenvalue weighted by atomic mass is 79.9. The summed E-state index contributed by atoms with van der Waals surface area (Å²) < 4.78 is 79.9. The Morgan fingerprint density at radius 1 is 0.370 bits per heavy atom. The maximum Gasteiger partial charge on any atom is 0.344 e. The molecule has 0 bridgehead atoms. The molecule has 0 saturated carbocycles. The highest BCUT2D eigenvalue weighted by Gasteiger charge is 2.41. The maximum atomic E-state index is 13.2. The van der Waals surface area contributed by atoms with Crippen LogP contribution < -0.4 is 76.8 Å². The molecule has 28 heteroatoms. The molecule has 0 spiro atoms. The summed E-state index contributed by atoms with van der Waals surface area (Å²) in [5, 5.41) is 42.1. The number of aromatic hydroxyl groups is 2. The quantitative estimate of drug-likeness (QED) is 0.0516. The molecule has 11 aromatic rings. The van der Waals surface area contributed by atoms with Gasteiger partial charge in [0.15, 0.2) is 63.6 Å². The fourth-order valence-corrected chi connectivity index (χ4v) is 16.2. The molecule has 0 fully saturated rings. The van der Waals surface area contributed by atoms with Gasteiger partial charge >= 0.3 is 29.8 Å². The van der Waals surface area contributed by atoms with Gasteiger partial charge in [0, 0.05) is 53.9 Å². The monoisotopic (exact) mass is 1780 g/mol. The summed E-state index contributed by atoms with van der Waals surface area (Å²) in [6.07, 6.45) is -1.59. The van der Waals surface area contributed by atoms with E-state index in [0.29, 0.717) is 190 Å². The number of ether oxygens (including phenoxy) is 14. The van der Waals surface area contributed by atoms with Crippen LogP contribution >= 0.6 is 79.6 Å². The number of carbonyl (C=O) groups is 5. The number of phenolic OH excluding ortho intramolecular Hbond substituents is 2. The van der Waals surface area contributed by atoms with Gasteiger partial charge in [-0.3, -0.25) is 9.59 Å². The van der Waals surface area contributed by atoms with Crippen LogP contribution in [0.4, 0.5) is 0 Å². The van der Waals surface area contributed by atoms with E-state index < -0.39 is 47.8 Å². The SMILES string of the molecule is COc1cc(C(O)C(=O)O)cc(Br)c1OC.COc1cc(C2=c3ccc4c5c(ccc4c3OC2=O)=C(c2cc(Br)c(OC)c(OC)c2)C(=O)O5)cc(Br)c1OC.COc1cc(C2C(=O)Oc3c2ccc2c4c(ccc32)C(c2cc(Br)c(OC)c(OC)c2)C(=O)O4)cc(Br)c1OC.Oc1cccc2c(O)cccc12. The average Bonchev–Trinajstić information content (AvgIpc) is 1.58. The van der Waals surface area contributed by atoms with Crippen molar-refractivity contribution in [3.05, 3.63) is 217 Å². The number of methoxy groups -OCH3 is 10. The molecule has 4 N–H and O–H groups in total. The Kier molecular flexibility index (Phi) is 22.8. The van der Waals surface area contributed by atoms with Gasteiger partial charge < -0.3 is 86.7 Å². The van der Waals surface area contributed by atoms with Crippen LogP contribution in [-0.2, 0) is 24.0 Å². The van der Waals surface area contributed by atoms with Crippen molar-refractivity contribution in [1.82, 2.24) is 0 Å². The van der Waals surface area contributed by atoms with E-state index in [1.54, 1.807) is 128 Å². The van der Waals surface area contributed by atoms with Crippen LogP contribution in [0.5, 0.6) is 92.0 Å². The molecule has 4 aliphatic rings. The number of fused-ring (bicyclic) bond motifs is 11. The second-order valence-electron chi connectivity index (χ2n) is 23.8. The van der Waals surface area contributed by atoms with Crippen molar-refractivity contribution in [3.8, 4) is 92.0 Å². The molecule has 108 heavy (non-hydrogen) atoms. The van der Waals surface area contributed by atoms with Gasteiger partial charge in [0.1, 0.15) is 46.3 Å². The molecule has 0 saturated heterocycles. The minimum Gasteiger partial charge on any atom is -0.507 e. The number of aliphatic carboxylic acids is 1. The molecule has 23 nitrogen and oxygen atoms in total. The molecule has 4 aliphatic heterocycles. The molecule has 3 unspecified atom stereocenters. The Labute approximate surface area is 657 Å². The Morgan fingerprint density at radius 3 is 1.05 bits per heavy atom. The zero-order valence-corrected chi connectivity index (χ0v) is 66.5. The summed E-state index contributed by atoms with van der Waals surface area (Å²) in [7, 11) is 15.2. The predicted octanol–water partition coefficient (Wildman–Crippen LogP) is 15.0. The van der Waals surface area contributed by atoms with Crippen molar-refractivity contribution in [2.75, 3.05) is 71.1 Å². The summed E-state index contributed by atoms with van der Waals surface area (Å²) in [4.78, 5) is 63.3. The van der Waals surface area contributed by atoms with Crippen molar-refractivity contribution < 1.29 is 111 Å². The molecule has 0 aromatic heterocycles. The predicted molar refractivity (Wildman–Crippen MR) is 414 cm³/mol. The Bertz CT molecular complexity index is 5400. The van der Waals surface area contributed by atoms with Crippen molar-refractivity contribution in [1.29, 1.82) is 0 Å². The summed E-state index contributed by atoms with van der Waals surface area (Å²) in [5.41, 5.74) is 5.01. The summed E-state index contributed by atoms with van der Waals surface area (Å²) in [5.74, 6) is 2.42. The number of halogens is 5. The number of carbonyl (C=O) groups excluding carboxylic acids is 4.